The second kappa shape index (κ2) is 10.9. The molecule has 0 atom stereocenters. The van der Waals surface area contributed by atoms with E-state index >= 15 is 0 Å². The molecule has 2 aromatic rings. The second-order valence-corrected chi connectivity index (χ2v) is 9.25. The van der Waals surface area contributed by atoms with Gasteiger partial charge in [-0.1, -0.05) is 18.6 Å². The van der Waals surface area contributed by atoms with Crippen LogP contribution < -0.4 is 19.5 Å². The number of hydrogen-bond acceptors (Lipinski definition) is 5. The largest absolute Gasteiger partial charge is 0.486 e. The van der Waals surface area contributed by atoms with Crippen molar-refractivity contribution in [2.45, 2.75) is 43.3 Å². The number of sulfonamides is 1. The van der Waals surface area contributed by atoms with Crippen LogP contribution in [0.1, 0.15) is 36.8 Å². The van der Waals surface area contributed by atoms with Crippen LogP contribution in [-0.4, -0.2) is 34.1 Å². The molecule has 11 heteroatoms. The van der Waals surface area contributed by atoms with Gasteiger partial charge in [-0.15, -0.1) is 0 Å². The number of carbonyl (C=O) groups is 1. The molecule has 2 aromatic carbocycles. The highest BCUT2D eigenvalue weighted by molar-refractivity contribution is 7.89. The van der Waals surface area contributed by atoms with Crippen LogP contribution in [0.3, 0.4) is 0 Å². The lowest BCUT2D eigenvalue weighted by molar-refractivity contribution is -0.137. The summed E-state index contributed by atoms with van der Waals surface area (Å²) in [6.45, 7) is 1.16. The molecule has 1 aliphatic rings. The van der Waals surface area contributed by atoms with Gasteiger partial charge >= 0.3 is 6.18 Å². The highest BCUT2D eigenvalue weighted by atomic mass is 32.2. The van der Waals surface area contributed by atoms with Crippen molar-refractivity contribution >= 4 is 15.9 Å². The smallest absolute Gasteiger partial charge is 0.416 e. The highest BCUT2D eigenvalue weighted by Crippen LogP contribution is 2.32. The minimum atomic E-state index is -4.39. The highest BCUT2D eigenvalue weighted by Gasteiger charge is 2.29. The molecule has 180 valence electrons. The van der Waals surface area contributed by atoms with Crippen molar-refractivity contribution in [2.75, 3.05) is 19.8 Å². The third-order valence-electron chi connectivity index (χ3n) is 4.97. The Bertz CT molecular complexity index is 1060. The standard InChI is InChI=1S/C22H25F3N2O5S/c23-22(24,25)17-7-5-16(6-8-17)15-26-21(28)4-2-1-3-11-27-33(29,30)18-9-10-19-20(14-18)32-13-12-31-19/h5-10,14,27H,1-4,11-13,15H2,(H,26,28). The van der Waals surface area contributed by atoms with Gasteiger partial charge < -0.3 is 14.8 Å². The topological polar surface area (TPSA) is 93.7 Å². The summed E-state index contributed by atoms with van der Waals surface area (Å²) in [4.78, 5) is 12.0. The molecule has 0 bridgehead atoms. The van der Waals surface area contributed by atoms with E-state index in [4.69, 9.17) is 9.47 Å². The Labute approximate surface area is 190 Å². The molecule has 3 rings (SSSR count). The van der Waals surface area contributed by atoms with Crippen molar-refractivity contribution in [3.05, 3.63) is 53.6 Å². The molecule has 1 aliphatic heterocycles. The third kappa shape index (κ3) is 7.36. The summed E-state index contributed by atoms with van der Waals surface area (Å²) in [5.74, 6) is 0.690. The predicted molar refractivity (Wildman–Crippen MR) is 114 cm³/mol. The molecule has 0 unspecified atom stereocenters. The molecule has 1 amide bonds. The van der Waals surface area contributed by atoms with Crippen molar-refractivity contribution in [2.24, 2.45) is 0 Å². The number of fused-ring (bicyclic) bond motifs is 1. The quantitative estimate of drug-likeness (QED) is 0.501. The van der Waals surface area contributed by atoms with Gasteiger partial charge in [-0.3, -0.25) is 4.79 Å². The van der Waals surface area contributed by atoms with Crippen molar-refractivity contribution in [3.8, 4) is 11.5 Å². The molecule has 0 fully saturated rings. The Morgan fingerprint density at radius 1 is 0.939 bits per heavy atom. The van der Waals surface area contributed by atoms with Gasteiger partial charge in [-0.2, -0.15) is 13.2 Å². The molecule has 2 N–H and O–H groups in total. The van der Waals surface area contributed by atoms with E-state index in [1.54, 1.807) is 6.07 Å². The molecule has 33 heavy (non-hydrogen) atoms. The minimum absolute atomic E-state index is 0.0920. The molecule has 0 saturated heterocycles. The fourth-order valence-corrected chi connectivity index (χ4v) is 4.26. The summed E-state index contributed by atoms with van der Waals surface area (Å²) in [6.07, 6.45) is -2.40. The Hall–Kier alpha value is -2.79. The van der Waals surface area contributed by atoms with Gasteiger partial charge in [0.1, 0.15) is 13.2 Å². The normalized spacial score (nSPS) is 13.5. The number of unbranched alkanes of at least 4 members (excludes halogenated alkanes) is 2. The van der Waals surface area contributed by atoms with E-state index in [0.717, 1.165) is 12.1 Å². The van der Waals surface area contributed by atoms with Crippen LogP contribution in [0.5, 0.6) is 11.5 Å². The van der Waals surface area contributed by atoms with Gasteiger partial charge in [-0.25, -0.2) is 13.1 Å². The number of halogens is 3. The van der Waals surface area contributed by atoms with E-state index in [1.165, 1.54) is 24.3 Å². The third-order valence-corrected chi connectivity index (χ3v) is 6.43. The summed E-state index contributed by atoms with van der Waals surface area (Å²) in [5.41, 5.74) is -0.160. The minimum Gasteiger partial charge on any atom is -0.486 e. The zero-order chi connectivity index (χ0) is 23.9. The first kappa shape index (κ1) is 24.8. The first-order valence-electron chi connectivity index (χ1n) is 10.5. The monoisotopic (exact) mass is 486 g/mol. The van der Waals surface area contributed by atoms with Gasteiger partial charge in [0.05, 0.1) is 10.5 Å². The lowest BCUT2D eigenvalue weighted by Crippen LogP contribution is -2.25. The number of amides is 1. The van der Waals surface area contributed by atoms with Crippen molar-refractivity contribution in [1.82, 2.24) is 10.0 Å². The fraction of sp³-hybridized carbons (Fsp3) is 0.409. The van der Waals surface area contributed by atoms with Crippen LogP contribution >= 0.6 is 0 Å². The Balaban J connectivity index is 1.32. The van der Waals surface area contributed by atoms with Crippen molar-refractivity contribution in [1.29, 1.82) is 0 Å². The van der Waals surface area contributed by atoms with Crippen molar-refractivity contribution in [3.63, 3.8) is 0 Å². The lowest BCUT2D eigenvalue weighted by atomic mass is 10.1. The van der Waals surface area contributed by atoms with Crippen LogP contribution in [0.2, 0.25) is 0 Å². The molecule has 7 nitrogen and oxygen atoms in total. The predicted octanol–water partition coefficient (Wildman–Crippen LogP) is 3.63. The number of benzene rings is 2. The van der Waals surface area contributed by atoms with E-state index in [1.807, 2.05) is 0 Å². The zero-order valence-electron chi connectivity index (χ0n) is 17.8. The summed E-state index contributed by atoms with van der Waals surface area (Å²) in [6, 6.07) is 9.07. The summed E-state index contributed by atoms with van der Waals surface area (Å²) >= 11 is 0. The van der Waals surface area contributed by atoms with Crippen LogP contribution in [-0.2, 0) is 27.5 Å². The van der Waals surface area contributed by atoms with Gasteiger partial charge in [0, 0.05) is 25.6 Å². The lowest BCUT2D eigenvalue weighted by Gasteiger charge is -2.18. The fourth-order valence-electron chi connectivity index (χ4n) is 3.17. The molecular weight excluding hydrogens is 461 g/mol. The van der Waals surface area contributed by atoms with Crippen LogP contribution in [0.15, 0.2) is 47.4 Å². The van der Waals surface area contributed by atoms with Crippen molar-refractivity contribution < 1.29 is 35.9 Å². The maximum Gasteiger partial charge on any atom is 0.416 e. The number of carbonyl (C=O) groups excluding carboxylic acids is 1. The molecular formula is C22H25F3N2O5S. The molecule has 0 radical (unpaired) electrons. The molecule has 0 spiro atoms. The van der Waals surface area contributed by atoms with E-state index in [0.29, 0.717) is 49.5 Å². The van der Waals surface area contributed by atoms with E-state index in [9.17, 15) is 26.4 Å². The number of nitrogens with one attached hydrogen (secondary N) is 2. The Morgan fingerprint density at radius 3 is 2.33 bits per heavy atom. The first-order valence-corrected chi connectivity index (χ1v) is 12.0. The van der Waals surface area contributed by atoms with Gasteiger partial charge in [0.2, 0.25) is 15.9 Å². The summed E-state index contributed by atoms with van der Waals surface area (Å²) in [7, 11) is -3.68. The maximum absolute atomic E-state index is 12.6. The first-order chi connectivity index (χ1) is 15.6. The van der Waals surface area contributed by atoms with Crippen LogP contribution in [0.25, 0.3) is 0 Å². The van der Waals surface area contributed by atoms with Gasteiger partial charge in [0.25, 0.3) is 0 Å². The number of hydrogen-bond donors (Lipinski definition) is 2. The average Bonchev–Trinajstić information content (AvgIpc) is 2.79. The van der Waals surface area contributed by atoms with Crippen LogP contribution in [0, 0.1) is 0 Å². The second-order valence-electron chi connectivity index (χ2n) is 7.49. The van der Waals surface area contributed by atoms with E-state index in [2.05, 4.69) is 10.0 Å². The Kier molecular flexibility index (Phi) is 8.20. The van der Waals surface area contributed by atoms with Gasteiger partial charge in [0.15, 0.2) is 11.5 Å². The summed E-state index contributed by atoms with van der Waals surface area (Å²) in [5, 5.41) is 2.66. The average molecular weight is 487 g/mol. The van der Waals surface area contributed by atoms with Crippen LogP contribution in [0.4, 0.5) is 13.2 Å². The molecule has 1 heterocycles. The van der Waals surface area contributed by atoms with E-state index in [-0.39, 0.29) is 30.3 Å². The number of alkyl halides is 3. The zero-order valence-corrected chi connectivity index (χ0v) is 18.6. The maximum atomic E-state index is 12.6. The Morgan fingerprint density at radius 2 is 1.64 bits per heavy atom. The SMILES string of the molecule is O=C(CCCCCNS(=O)(=O)c1ccc2c(c1)OCCO2)NCc1ccc(C(F)(F)F)cc1. The van der Waals surface area contributed by atoms with Gasteiger partial charge in [-0.05, 0) is 42.7 Å². The molecule has 0 aromatic heterocycles. The summed E-state index contributed by atoms with van der Waals surface area (Å²) < 4.78 is 75.8. The number of rotatable bonds is 10. The van der Waals surface area contributed by atoms with E-state index < -0.39 is 21.8 Å². The molecule has 0 aliphatic carbocycles. The number of ether oxygens (including phenoxy) is 2. The molecule has 0 saturated carbocycles.